The highest BCUT2D eigenvalue weighted by Crippen LogP contribution is 2.12. The number of aliphatic hydroxyl groups excluding tert-OH is 2. The summed E-state index contributed by atoms with van der Waals surface area (Å²) in [5.74, 6) is 0.743. The van der Waals surface area contributed by atoms with Crippen molar-refractivity contribution >= 4 is 0 Å². The maximum absolute atomic E-state index is 9.84. The summed E-state index contributed by atoms with van der Waals surface area (Å²) >= 11 is 0. The van der Waals surface area contributed by atoms with Crippen LogP contribution in [-0.2, 0) is 6.42 Å². The molecular weight excluding hydrogens is 206 g/mol. The van der Waals surface area contributed by atoms with Gasteiger partial charge in [0.2, 0.25) is 0 Å². The van der Waals surface area contributed by atoms with E-state index >= 15 is 0 Å². The number of hydrogen-bond acceptors (Lipinski definition) is 4. The normalized spacial score (nSPS) is 15.8. The van der Waals surface area contributed by atoms with E-state index < -0.39 is 12.2 Å². The molecule has 2 unspecified atom stereocenters. The van der Waals surface area contributed by atoms with Gasteiger partial charge < -0.3 is 10.2 Å². The van der Waals surface area contributed by atoms with Crippen LogP contribution in [0.1, 0.15) is 39.6 Å². The van der Waals surface area contributed by atoms with E-state index in [1.54, 1.807) is 4.68 Å². The molecule has 0 saturated heterocycles. The summed E-state index contributed by atoms with van der Waals surface area (Å²) in [5, 5.41) is 23.6. The molecule has 0 aliphatic heterocycles. The summed E-state index contributed by atoms with van der Waals surface area (Å²) in [4.78, 5) is 4.10. The molecule has 2 N–H and O–H groups in total. The molecule has 0 aliphatic carbocycles. The maximum atomic E-state index is 9.84. The van der Waals surface area contributed by atoms with Crippen LogP contribution >= 0.6 is 0 Å². The van der Waals surface area contributed by atoms with Crippen LogP contribution in [-0.4, -0.2) is 37.2 Å². The second-order valence-electron chi connectivity index (χ2n) is 4.72. The van der Waals surface area contributed by atoms with Crippen molar-refractivity contribution in [2.75, 3.05) is 0 Å². The largest absolute Gasteiger partial charge is 0.390 e. The highest BCUT2D eigenvalue weighted by atomic mass is 16.3. The zero-order valence-electron chi connectivity index (χ0n) is 10.3. The Balaban J connectivity index is 2.69. The summed E-state index contributed by atoms with van der Waals surface area (Å²) in [7, 11) is 0. The topological polar surface area (TPSA) is 71.2 Å². The summed E-state index contributed by atoms with van der Waals surface area (Å²) in [6.45, 7) is 7.76. The monoisotopic (exact) mass is 227 g/mol. The van der Waals surface area contributed by atoms with Crippen molar-refractivity contribution in [1.82, 2.24) is 14.8 Å². The zero-order valence-corrected chi connectivity index (χ0v) is 10.3. The Hall–Kier alpha value is -0.940. The molecule has 92 valence electrons. The molecule has 5 heteroatoms. The van der Waals surface area contributed by atoms with E-state index in [2.05, 4.69) is 10.1 Å². The Labute approximate surface area is 96.1 Å². The van der Waals surface area contributed by atoms with Gasteiger partial charge in [-0.2, -0.15) is 5.10 Å². The van der Waals surface area contributed by atoms with Crippen LogP contribution in [0.2, 0.25) is 0 Å². The highest BCUT2D eigenvalue weighted by molar-refractivity contribution is 4.91. The van der Waals surface area contributed by atoms with E-state index in [1.165, 1.54) is 6.33 Å². The average Bonchev–Trinajstić information content (AvgIpc) is 2.64. The Morgan fingerprint density at radius 3 is 2.38 bits per heavy atom. The average molecular weight is 227 g/mol. The lowest BCUT2D eigenvalue weighted by molar-refractivity contribution is -0.00888. The highest BCUT2D eigenvalue weighted by Gasteiger charge is 2.22. The molecule has 0 bridgehead atoms. The third kappa shape index (κ3) is 3.02. The Morgan fingerprint density at radius 1 is 1.25 bits per heavy atom. The molecule has 0 aliphatic rings. The predicted molar refractivity (Wildman–Crippen MR) is 61.0 cm³/mol. The van der Waals surface area contributed by atoms with Gasteiger partial charge in [0.15, 0.2) is 0 Å². The van der Waals surface area contributed by atoms with E-state index in [4.69, 9.17) is 0 Å². The minimum atomic E-state index is -0.790. The van der Waals surface area contributed by atoms with Crippen LogP contribution in [0, 0.1) is 5.92 Å². The molecular formula is C11H21N3O2. The fourth-order valence-electron chi connectivity index (χ4n) is 1.60. The van der Waals surface area contributed by atoms with Crippen molar-refractivity contribution in [2.45, 2.75) is 52.4 Å². The minimum Gasteiger partial charge on any atom is -0.390 e. The van der Waals surface area contributed by atoms with Gasteiger partial charge in [-0.05, 0) is 19.8 Å². The number of aromatic nitrogens is 3. The molecule has 0 saturated carbocycles. The summed E-state index contributed by atoms with van der Waals surface area (Å²) in [6.07, 6.45) is 0.292. The third-order valence-electron chi connectivity index (χ3n) is 2.61. The van der Waals surface area contributed by atoms with Crippen LogP contribution in [0.4, 0.5) is 0 Å². The first-order valence-corrected chi connectivity index (χ1v) is 5.68. The molecule has 5 nitrogen and oxygen atoms in total. The molecule has 0 spiro atoms. The lowest BCUT2D eigenvalue weighted by atomic mass is 9.99. The minimum absolute atomic E-state index is 0.0328. The number of rotatable bonds is 5. The summed E-state index contributed by atoms with van der Waals surface area (Å²) in [6, 6.07) is 0.209. The molecule has 0 fully saturated rings. The van der Waals surface area contributed by atoms with Crippen molar-refractivity contribution in [3.8, 4) is 0 Å². The van der Waals surface area contributed by atoms with Gasteiger partial charge in [0.05, 0.1) is 12.2 Å². The Kier molecular flexibility index (Phi) is 4.44. The first kappa shape index (κ1) is 13.1. The van der Waals surface area contributed by atoms with Gasteiger partial charge in [-0.3, -0.25) is 0 Å². The zero-order chi connectivity index (χ0) is 12.3. The van der Waals surface area contributed by atoms with Crippen molar-refractivity contribution in [2.24, 2.45) is 5.92 Å². The van der Waals surface area contributed by atoms with E-state index in [9.17, 15) is 10.2 Å². The Morgan fingerprint density at radius 2 is 1.88 bits per heavy atom. The van der Waals surface area contributed by atoms with Gasteiger partial charge in [-0.1, -0.05) is 13.8 Å². The number of hydrogen-bond donors (Lipinski definition) is 2. The molecule has 2 atom stereocenters. The SMILES string of the molecule is CC(C)C(O)C(O)Cc1ncnn1C(C)C. The van der Waals surface area contributed by atoms with Gasteiger partial charge in [0, 0.05) is 12.5 Å². The molecule has 0 amide bonds. The van der Waals surface area contributed by atoms with Gasteiger partial charge in [-0.25, -0.2) is 9.67 Å². The van der Waals surface area contributed by atoms with Gasteiger partial charge in [0.1, 0.15) is 12.2 Å². The molecule has 1 rings (SSSR count). The van der Waals surface area contributed by atoms with Crippen molar-refractivity contribution in [3.63, 3.8) is 0 Å². The predicted octanol–water partition coefficient (Wildman–Crippen LogP) is 0.779. The van der Waals surface area contributed by atoms with Crippen molar-refractivity contribution in [3.05, 3.63) is 12.2 Å². The lowest BCUT2D eigenvalue weighted by Crippen LogP contribution is -2.33. The van der Waals surface area contributed by atoms with Crippen LogP contribution < -0.4 is 0 Å². The first-order chi connectivity index (χ1) is 7.43. The molecule has 1 heterocycles. The Bertz CT molecular complexity index is 323. The fourth-order valence-corrected chi connectivity index (χ4v) is 1.60. The smallest absolute Gasteiger partial charge is 0.138 e. The second kappa shape index (κ2) is 5.41. The quantitative estimate of drug-likeness (QED) is 0.779. The van der Waals surface area contributed by atoms with E-state index in [0.717, 1.165) is 0 Å². The maximum Gasteiger partial charge on any atom is 0.138 e. The van der Waals surface area contributed by atoms with E-state index in [-0.39, 0.29) is 12.0 Å². The van der Waals surface area contributed by atoms with Gasteiger partial charge in [-0.15, -0.1) is 0 Å². The molecule has 0 aromatic carbocycles. The molecule has 16 heavy (non-hydrogen) atoms. The third-order valence-corrected chi connectivity index (χ3v) is 2.61. The van der Waals surface area contributed by atoms with Gasteiger partial charge in [0.25, 0.3) is 0 Å². The van der Waals surface area contributed by atoms with Crippen molar-refractivity contribution < 1.29 is 10.2 Å². The standard InChI is InChI=1S/C11H21N3O2/c1-7(2)11(16)9(15)5-10-12-6-13-14(10)8(3)4/h6-9,11,15-16H,5H2,1-4H3. The van der Waals surface area contributed by atoms with Crippen LogP contribution in [0.15, 0.2) is 6.33 Å². The van der Waals surface area contributed by atoms with Crippen molar-refractivity contribution in [1.29, 1.82) is 0 Å². The lowest BCUT2D eigenvalue weighted by Gasteiger charge is -2.21. The fraction of sp³-hybridized carbons (Fsp3) is 0.818. The second-order valence-corrected chi connectivity index (χ2v) is 4.72. The molecule has 1 aromatic rings. The molecule has 1 aromatic heterocycles. The van der Waals surface area contributed by atoms with Gasteiger partial charge >= 0.3 is 0 Å². The molecule has 0 radical (unpaired) electrons. The van der Waals surface area contributed by atoms with Crippen LogP contribution in [0.25, 0.3) is 0 Å². The van der Waals surface area contributed by atoms with Crippen LogP contribution in [0.3, 0.4) is 0 Å². The number of nitrogens with zero attached hydrogens (tertiary/aromatic N) is 3. The summed E-state index contributed by atoms with van der Waals surface area (Å²) < 4.78 is 1.76. The number of aliphatic hydroxyl groups is 2. The summed E-state index contributed by atoms with van der Waals surface area (Å²) in [5.41, 5.74) is 0. The van der Waals surface area contributed by atoms with Crippen LogP contribution in [0.5, 0.6) is 0 Å². The van der Waals surface area contributed by atoms with E-state index in [0.29, 0.717) is 12.2 Å². The van der Waals surface area contributed by atoms with E-state index in [1.807, 2.05) is 27.7 Å². The first-order valence-electron chi connectivity index (χ1n) is 5.68.